The predicted octanol–water partition coefficient (Wildman–Crippen LogP) is 0.720. The Morgan fingerprint density at radius 2 is 2.23 bits per heavy atom. The van der Waals surface area contributed by atoms with E-state index >= 15 is 0 Å². The van der Waals surface area contributed by atoms with Crippen molar-refractivity contribution in [2.45, 2.75) is 32.4 Å². The summed E-state index contributed by atoms with van der Waals surface area (Å²) in [5, 5.41) is 17.0. The minimum atomic E-state index is -0.879. The highest BCUT2D eigenvalue weighted by Crippen LogP contribution is 2.16. The molecular formula is C12H18N4O5S. The number of thiol groups is 1. The molecule has 1 unspecified atom stereocenters. The van der Waals surface area contributed by atoms with Gasteiger partial charge < -0.3 is 10.1 Å². The van der Waals surface area contributed by atoms with E-state index in [0.29, 0.717) is 6.42 Å². The molecule has 1 heterocycles. The smallest absolute Gasteiger partial charge is 0.329 e. The van der Waals surface area contributed by atoms with Gasteiger partial charge in [-0.05, 0) is 13.3 Å². The lowest BCUT2D eigenvalue weighted by Crippen LogP contribution is -2.46. The molecule has 0 bridgehead atoms. The van der Waals surface area contributed by atoms with Crippen LogP contribution in [0.5, 0.6) is 0 Å². The second-order valence-electron chi connectivity index (χ2n) is 4.36. The minimum absolute atomic E-state index is 0.0836. The van der Waals surface area contributed by atoms with Gasteiger partial charge in [-0.15, -0.1) is 0 Å². The van der Waals surface area contributed by atoms with Crippen LogP contribution in [0, 0.1) is 10.1 Å². The zero-order valence-corrected chi connectivity index (χ0v) is 13.2. The van der Waals surface area contributed by atoms with E-state index in [4.69, 9.17) is 4.74 Å². The second-order valence-corrected chi connectivity index (χ2v) is 4.72. The van der Waals surface area contributed by atoms with Gasteiger partial charge in [-0.2, -0.15) is 17.7 Å². The highest BCUT2D eigenvalue weighted by molar-refractivity contribution is 7.80. The number of ether oxygens (including phenoxy) is 1. The van der Waals surface area contributed by atoms with Gasteiger partial charge in [0.25, 0.3) is 0 Å². The van der Waals surface area contributed by atoms with Gasteiger partial charge in [0.1, 0.15) is 24.5 Å². The van der Waals surface area contributed by atoms with Crippen LogP contribution in [0.3, 0.4) is 0 Å². The van der Waals surface area contributed by atoms with Crippen molar-refractivity contribution in [3.63, 3.8) is 0 Å². The Morgan fingerprint density at radius 3 is 2.68 bits per heavy atom. The lowest BCUT2D eigenvalue weighted by molar-refractivity contribution is -0.385. The third-order valence-corrected chi connectivity index (χ3v) is 3.24. The maximum Gasteiger partial charge on any atom is 0.329 e. The molecule has 0 aliphatic carbocycles. The summed E-state index contributed by atoms with van der Waals surface area (Å²) in [5.74, 6) is -0.972. The number of esters is 1. The molecule has 10 heteroatoms. The molecular weight excluding hydrogens is 312 g/mol. The summed E-state index contributed by atoms with van der Waals surface area (Å²) in [6.45, 7) is 3.59. The van der Waals surface area contributed by atoms with Gasteiger partial charge >= 0.3 is 11.7 Å². The first-order valence-electron chi connectivity index (χ1n) is 6.70. The molecule has 0 fully saturated rings. The average Bonchev–Trinajstić information content (AvgIpc) is 2.95. The summed E-state index contributed by atoms with van der Waals surface area (Å²) in [6, 6.07) is -1.64. The first-order chi connectivity index (χ1) is 10.4. The van der Waals surface area contributed by atoms with E-state index < -0.39 is 28.9 Å². The molecule has 1 amide bonds. The van der Waals surface area contributed by atoms with Gasteiger partial charge in [0.05, 0.1) is 11.5 Å². The fourth-order valence-electron chi connectivity index (χ4n) is 1.78. The van der Waals surface area contributed by atoms with Crippen LogP contribution in [0.15, 0.2) is 12.4 Å². The molecule has 22 heavy (non-hydrogen) atoms. The van der Waals surface area contributed by atoms with Gasteiger partial charge in [-0.1, -0.05) is 6.92 Å². The number of hydrogen-bond donors (Lipinski definition) is 2. The Kier molecular flexibility index (Phi) is 6.83. The molecule has 1 aromatic rings. The van der Waals surface area contributed by atoms with Gasteiger partial charge in [-0.3, -0.25) is 19.6 Å². The van der Waals surface area contributed by atoms with E-state index in [2.05, 4.69) is 23.0 Å². The number of amides is 1. The van der Waals surface area contributed by atoms with Crippen LogP contribution in [-0.4, -0.2) is 45.0 Å². The van der Waals surface area contributed by atoms with Crippen LogP contribution in [0.1, 0.15) is 26.3 Å². The number of rotatable bonds is 8. The molecule has 0 aromatic carbocycles. The summed E-state index contributed by atoms with van der Waals surface area (Å²) in [4.78, 5) is 34.0. The van der Waals surface area contributed by atoms with Crippen molar-refractivity contribution in [3.05, 3.63) is 22.5 Å². The van der Waals surface area contributed by atoms with Gasteiger partial charge in [0.15, 0.2) is 0 Å². The SMILES string of the molecule is CCOC(=O)[C@H](CS)NC(=O)C(CC)n1cc([N+](=O)[O-])cn1. The lowest BCUT2D eigenvalue weighted by atomic mass is 10.2. The van der Waals surface area contributed by atoms with Crippen molar-refractivity contribution in [1.82, 2.24) is 15.1 Å². The molecule has 0 saturated heterocycles. The van der Waals surface area contributed by atoms with Crippen LogP contribution >= 0.6 is 12.6 Å². The number of hydrogen-bond acceptors (Lipinski definition) is 7. The van der Waals surface area contributed by atoms with Crippen molar-refractivity contribution in [3.8, 4) is 0 Å². The molecule has 0 spiro atoms. The largest absolute Gasteiger partial charge is 0.464 e. The van der Waals surface area contributed by atoms with Gasteiger partial charge in [-0.25, -0.2) is 4.79 Å². The lowest BCUT2D eigenvalue weighted by Gasteiger charge is -2.19. The fraction of sp³-hybridized carbons (Fsp3) is 0.583. The van der Waals surface area contributed by atoms with Crippen LogP contribution in [0.4, 0.5) is 5.69 Å². The summed E-state index contributed by atoms with van der Waals surface area (Å²) >= 11 is 4.01. The Balaban J connectivity index is 2.82. The Hall–Kier alpha value is -2.10. The Morgan fingerprint density at radius 1 is 1.55 bits per heavy atom. The normalized spacial score (nSPS) is 13.2. The molecule has 0 aliphatic rings. The molecule has 1 aromatic heterocycles. The standard InChI is InChI=1S/C12H18N4O5S/c1-3-10(15-6-8(5-13-15)16(19)20)11(17)14-9(7-22)12(18)21-4-2/h5-6,9-10,22H,3-4,7H2,1-2H3,(H,14,17)/t9-,10?/m0/s1. The molecule has 2 atom stereocenters. The number of carbonyl (C=O) groups is 2. The number of nitrogens with zero attached hydrogens (tertiary/aromatic N) is 3. The Labute approximate surface area is 132 Å². The first kappa shape index (κ1) is 18.0. The van der Waals surface area contributed by atoms with E-state index in [-0.39, 0.29) is 18.0 Å². The van der Waals surface area contributed by atoms with E-state index in [1.54, 1.807) is 13.8 Å². The van der Waals surface area contributed by atoms with E-state index in [1.807, 2.05) is 0 Å². The van der Waals surface area contributed by atoms with Gasteiger partial charge in [0.2, 0.25) is 5.91 Å². The van der Waals surface area contributed by atoms with Crippen LogP contribution in [0.25, 0.3) is 0 Å². The summed E-state index contributed by atoms with van der Waals surface area (Å²) in [6.07, 6.45) is 2.60. The summed E-state index contributed by atoms with van der Waals surface area (Å²) in [7, 11) is 0. The molecule has 122 valence electrons. The number of carbonyl (C=O) groups excluding carboxylic acids is 2. The fourth-order valence-corrected chi connectivity index (χ4v) is 2.02. The zero-order valence-electron chi connectivity index (χ0n) is 12.3. The third kappa shape index (κ3) is 4.45. The quantitative estimate of drug-likeness (QED) is 0.314. The van der Waals surface area contributed by atoms with E-state index in [9.17, 15) is 19.7 Å². The zero-order chi connectivity index (χ0) is 16.7. The second kappa shape index (κ2) is 8.37. The average molecular weight is 330 g/mol. The maximum absolute atomic E-state index is 12.2. The number of nitrogens with one attached hydrogen (secondary N) is 1. The minimum Gasteiger partial charge on any atom is -0.464 e. The number of aromatic nitrogens is 2. The third-order valence-electron chi connectivity index (χ3n) is 2.88. The molecule has 0 saturated carbocycles. The van der Waals surface area contributed by atoms with Crippen LogP contribution in [0.2, 0.25) is 0 Å². The predicted molar refractivity (Wildman–Crippen MR) is 80.6 cm³/mol. The van der Waals surface area contributed by atoms with Crippen molar-refractivity contribution >= 4 is 30.2 Å². The molecule has 0 radical (unpaired) electrons. The molecule has 1 rings (SSSR count). The molecule has 1 N–H and O–H groups in total. The highest BCUT2D eigenvalue weighted by atomic mass is 32.1. The summed E-state index contributed by atoms with van der Waals surface area (Å²) in [5.41, 5.74) is -0.206. The molecule has 9 nitrogen and oxygen atoms in total. The van der Waals surface area contributed by atoms with Crippen molar-refractivity contribution in [2.75, 3.05) is 12.4 Å². The highest BCUT2D eigenvalue weighted by Gasteiger charge is 2.27. The van der Waals surface area contributed by atoms with Crippen molar-refractivity contribution < 1.29 is 19.2 Å². The van der Waals surface area contributed by atoms with Crippen LogP contribution < -0.4 is 5.32 Å². The van der Waals surface area contributed by atoms with E-state index in [0.717, 1.165) is 6.20 Å². The number of nitro groups is 1. The van der Waals surface area contributed by atoms with Crippen molar-refractivity contribution in [1.29, 1.82) is 0 Å². The summed E-state index contributed by atoms with van der Waals surface area (Å²) < 4.78 is 6.04. The van der Waals surface area contributed by atoms with E-state index in [1.165, 1.54) is 10.9 Å². The maximum atomic E-state index is 12.2. The van der Waals surface area contributed by atoms with Crippen molar-refractivity contribution in [2.24, 2.45) is 0 Å². The topological polar surface area (TPSA) is 116 Å². The first-order valence-corrected chi connectivity index (χ1v) is 7.34. The Bertz CT molecular complexity index is 547. The van der Waals surface area contributed by atoms with Crippen LogP contribution in [-0.2, 0) is 14.3 Å². The van der Waals surface area contributed by atoms with Gasteiger partial charge in [0, 0.05) is 5.75 Å². The monoisotopic (exact) mass is 330 g/mol. The molecule has 0 aliphatic heterocycles.